The summed E-state index contributed by atoms with van der Waals surface area (Å²) in [7, 11) is 1.70. The van der Waals surface area contributed by atoms with E-state index < -0.39 is 5.60 Å². The first kappa shape index (κ1) is 19.4. The zero-order valence-electron chi connectivity index (χ0n) is 17.9. The molecule has 1 saturated heterocycles. The smallest absolute Gasteiger partial charge is 0.119 e. The molecule has 4 nitrogen and oxygen atoms in total. The second-order valence-electron chi connectivity index (χ2n) is 9.05. The van der Waals surface area contributed by atoms with Gasteiger partial charge in [-0.05, 0) is 54.8 Å². The van der Waals surface area contributed by atoms with Crippen LogP contribution in [0.25, 0.3) is 10.9 Å². The van der Waals surface area contributed by atoms with Gasteiger partial charge in [-0.1, -0.05) is 30.3 Å². The van der Waals surface area contributed by atoms with E-state index in [1.807, 2.05) is 18.2 Å². The number of H-pyrrole nitrogens is 1. The standard InChI is InChI=1S/C26H30N2O2/c1-4-12-28-13-11-25(19-8-6-9-20(14-19)30-3)16-23-21(15-26(25,29)17-28)24-18(2)7-5-10-22(24)27-23/h4-10,14,27,29H,1,11-13,15-17H2,2-3H3. The van der Waals surface area contributed by atoms with E-state index in [0.717, 1.165) is 31.7 Å². The Labute approximate surface area is 178 Å². The number of β-amino-alcohol motifs (C(OH)–C–C–N with tert-alkyl or cyclic N) is 1. The van der Waals surface area contributed by atoms with Gasteiger partial charge >= 0.3 is 0 Å². The zero-order valence-corrected chi connectivity index (χ0v) is 17.9. The molecule has 5 rings (SSSR count). The molecule has 0 saturated carbocycles. The maximum Gasteiger partial charge on any atom is 0.119 e. The van der Waals surface area contributed by atoms with E-state index in [1.165, 1.54) is 33.3 Å². The second-order valence-corrected chi connectivity index (χ2v) is 9.05. The molecule has 0 radical (unpaired) electrons. The molecule has 1 aliphatic carbocycles. The summed E-state index contributed by atoms with van der Waals surface area (Å²) < 4.78 is 5.53. The number of nitrogens with zero attached hydrogens (tertiary/aromatic N) is 1. The fraction of sp³-hybridized carbons (Fsp3) is 0.385. The van der Waals surface area contributed by atoms with Crippen molar-refractivity contribution in [3.05, 3.63) is 77.5 Å². The van der Waals surface area contributed by atoms with Crippen LogP contribution in [0, 0.1) is 6.92 Å². The van der Waals surface area contributed by atoms with Crippen LogP contribution in [0.15, 0.2) is 55.1 Å². The highest BCUT2D eigenvalue weighted by Gasteiger charge is 2.57. The van der Waals surface area contributed by atoms with Crippen molar-refractivity contribution < 1.29 is 9.84 Å². The summed E-state index contributed by atoms with van der Waals surface area (Å²) in [6, 6.07) is 14.7. The Balaban J connectivity index is 1.70. The lowest BCUT2D eigenvalue weighted by molar-refractivity contribution is -0.100. The zero-order chi connectivity index (χ0) is 20.9. The van der Waals surface area contributed by atoms with Crippen molar-refractivity contribution in [1.29, 1.82) is 0 Å². The molecule has 2 aromatic carbocycles. The number of aryl methyl sites for hydroxylation is 1. The highest BCUT2D eigenvalue weighted by Crippen LogP contribution is 2.52. The summed E-state index contributed by atoms with van der Waals surface area (Å²) in [5.74, 6) is 0.844. The van der Waals surface area contributed by atoms with Gasteiger partial charge in [0, 0.05) is 47.9 Å². The van der Waals surface area contributed by atoms with Gasteiger partial charge in [-0.25, -0.2) is 0 Å². The molecule has 0 spiro atoms. The van der Waals surface area contributed by atoms with Crippen LogP contribution in [-0.4, -0.2) is 47.3 Å². The molecular formula is C26H30N2O2. The molecule has 3 aromatic rings. The van der Waals surface area contributed by atoms with E-state index in [0.29, 0.717) is 13.0 Å². The number of aromatic nitrogens is 1. The van der Waals surface area contributed by atoms with Gasteiger partial charge in [0.25, 0.3) is 0 Å². The van der Waals surface area contributed by atoms with Crippen LogP contribution >= 0.6 is 0 Å². The summed E-state index contributed by atoms with van der Waals surface area (Å²) in [5, 5.41) is 13.6. The van der Waals surface area contributed by atoms with Crippen molar-refractivity contribution in [2.45, 2.75) is 37.2 Å². The van der Waals surface area contributed by atoms with Crippen LogP contribution in [0.4, 0.5) is 0 Å². The first-order valence-electron chi connectivity index (χ1n) is 10.8. The van der Waals surface area contributed by atoms with Crippen LogP contribution < -0.4 is 4.74 Å². The van der Waals surface area contributed by atoms with Crippen molar-refractivity contribution in [1.82, 2.24) is 9.88 Å². The Morgan fingerprint density at radius 1 is 1.23 bits per heavy atom. The third-order valence-electron chi connectivity index (χ3n) is 7.41. The number of rotatable bonds is 4. The number of likely N-dealkylation sites (tertiary alicyclic amines) is 1. The van der Waals surface area contributed by atoms with Crippen molar-refractivity contribution in [2.24, 2.45) is 0 Å². The van der Waals surface area contributed by atoms with Crippen LogP contribution in [0.5, 0.6) is 5.75 Å². The lowest BCUT2D eigenvalue weighted by atomic mass is 9.56. The van der Waals surface area contributed by atoms with E-state index in [2.05, 4.69) is 53.7 Å². The van der Waals surface area contributed by atoms with E-state index in [9.17, 15) is 5.11 Å². The average molecular weight is 403 g/mol. The molecule has 2 aliphatic rings. The Hall–Kier alpha value is -2.56. The van der Waals surface area contributed by atoms with Gasteiger partial charge < -0.3 is 14.8 Å². The number of nitrogens with one attached hydrogen (secondary N) is 1. The molecular weight excluding hydrogens is 372 g/mol. The molecule has 4 heteroatoms. The highest BCUT2D eigenvalue weighted by molar-refractivity contribution is 5.88. The Bertz CT molecular complexity index is 1120. The first-order valence-corrected chi connectivity index (χ1v) is 10.8. The fourth-order valence-electron chi connectivity index (χ4n) is 5.94. The number of aliphatic hydroxyl groups is 1. The number of hydrogen-bond acceptors (Lipinski definition) is 3. The van der Waals surface area contributed by atoms with Gasteiger partial charge in [0.1, 0.15) is 5.75 Å². The number of ether oxygens (including phenoxy) is 1. The highest BCUT2D eigenvalue weighted by atomic mass is 16.5. The number of fused-ring (bicyclic) bond motifs is 4. The molecule has 2 N–H and O–H groups in total. The number of aromatic amines is 1. The SMILES string of the molecule is C=CCN1CCC2(c3cccc(OC)c3)Cc3[nH]c4cccc(C)c4c3CC2(O)C1. The van der Waals surface area contributed by atoms with E-state index in [-0.39, 0.29) is 5.41 Å². The summed E-state index contributed by atoms with van der Waals surface area (Å²) in [6.07, 6.45) is 4.30. The first-order chi connectivity index (χ1) is 14.5. The maximum absolute atomic E-state index is 12.3. The molecule has 156 valence electrons. The molecule has 30 heavy (non-hydrogen) atoms. The molecule has 0 amide bonds. The third kappa shape index (κ3) is 2.74. The monoisotopic (exact) mass is 402 g/mol. The molecule has 1 aliphatic heterocycles. The van der Waals surface area contributed by atoms with Crippen molar-refractivity contribution in [3.63, 3.8) is 0 Å². The predicted molar refractivity (Wildman–Crippen MR) is 121 cm³/mol. The summed E-state index contributed by atoms with van der Waals surface area (Å²) in [5.41, 5.74) is 4.95. The van der Waals surface area contributed by atoms with Crippen LogP contribution in [0.1, 0.15) is 28.8 Å². The average Bonchev–Trinajstić information content (AvgIpc) is 3.09. The second kappa shape index (κ2) is 7.00. The van der Waals surface area contributed by atoms with Gasteiger partial charge in [-0.3, -0.25) is 4.90 Å². The Morgan fingerprint density at radius 2 is 2.07 bits per heavy atom. The normalized spacial score (nSPS) is 26.2. The Morgan fingerprint density at radius 3 is 2.87 bits per heavy atom. The maximum atomic E-state index is 12.3. The number of benzene rings is 2. The number of hydrogen-bond donors (Lipinski definition) is 2. The fourth-order valence-corrected chi connectivity index (χ4v) is 5.94. The molecule has 2 atom stereocenters. The van der Waals surface area contributed by atoms with Crippen molar-refractivity contribution >= 4 is 10.9 Å². The lowest BCUT2D eigenvalue weighted by Crippen LogP contribution is -2.66. The Kier molecular flexibility index (Phi) is 4.53. The van der Waals surface area contributed by atoms with Gasteiger partial charge in [-0.15, -0.1) is 6.58 Å². The molecule has 2 heterocycles. The van der Waals surface area contributed by atoms with Crippen molar-refractivity contribution in [3.8, 4) is 5.75 Å². The minimum atomic E-state index is -0.856. The summed E-state index contributed by atoms with van der Waals surface area (Å²) in [6.45, 7) is 8.47. The van der Waals surface area contributed by atoms with Crippen LogP contribution in [0.3, 0.4) is 0 Å². The van der Waals surface area contributed by atoms with Gasteiger partial charge in [-0.2, -0.15) is 0 Å². The van der Waals surface area contributed by atoms with Gasteiger partial charge in [0.05, 0.1) is 12.7 Å². The summed E-state index contributed by atoms with van der Waals surface area (Å²) >= 11 is 0. The van der Waals surface area contributed by atoms with E-state index in [4.69, 9.17) is 4.74 Å². The molecule has 1 fully saturated rings. The van der Waals surface area contributed by atoms with E-state index in [1.54, 1.807) is 7.11 Å². The third-order valence-corrected chi connectivity index (χ3v) is 7.41. The molecule has 1 aromatic heterocycles. The molecule has 2 unspecified atom stereocenters. The lowest BCUT2D eigenvalue weighted by Gasteiger charge is -2.56. The van der Waals surface area contributed by atoms with Crippen molar-refractivity contribution in [2.75, 3.05) is 26.7 Å². The van der Waals surface area contributed by atoms with Gasteiger partial charge in [0.2, 0.25) is 0 Å². The largest absolute Gasteiger partial charge is 0.497 e. The van der Waals surface area contributed by atoms with Gasteiger partial charge in [0.15, 0.2) is 0 Å². The minimum absolute atomic E-state index is 0.346. The topological polar surface area (TPSA) is 48.5 Å². The number of methoxy groups -OCH3 is 1. The predicted octanol–water partition coefficient (Wildman–Crippen LogP) is 4.14. The van der Waals surface area contributed by atoms with Crippen LogP contribution in [-0.2, 0) is 18.3 Å². The van der Waals surface area contributed by atoms with Crippen LogP contribution in [0.2, 0.25) is 0 Å². The quantitative estimate of drug-likeness (QED) is 0.645. The number of piperidine rings is 1. The van der Waals surface area contributed by atoms with E-state index >= 15 is 0 Å². The minimum Gasteiger partial charge on any atom is -0.497 e. The summed E-state index contributed by atoms with van der Waals surface area (Å²) in [4.78, 5) is 6.03. The molecule has 0 bridgehead atoms.